The molecule has 0 spiro atoms. The largest absolute Gasteiger partial charge is 0.493 e. The summed E-state index contributed by atoms with van der Waals surface area (Å²) in [5.41, 5.74) is 9.73. The van der Waals surface area contributed by atoms with Crippen molar-refractivity contribution in [1.82, 2.24) is 4.57 Å². The third-order valence-corrected chi connectivity index (χ3v) is 5.88. The number of aromatic nitrogens is 1. The number of primary amides is 1. The Hall–Kier alpha value is -2.60. The third-order valence-electron chi connectivity index (χ3n) is 4.98. The van der Waals surface area contributed by atoms with Crippen molar-refractivity contribution in [3.05, 3.63) is 64.8 Å². The van der Waals surface area contributed by atoms with Gasteiger partial charge in [0.05, 0.1) is 18.3 Å². The quantitative estimate of drug-likeness (QED) is 0.385. The van der Waals surface area contributed by atoms with Crippen LogP contribution in [-0.4, -0.2) is 33.0 Å². The monoisotopic (exact) mass is 416 g/mol. The summed E-state index contributed by atoms with van der Waals surface area (Å²) in [5, 5.41) is 0.749. The van der Waals surface area contributed by atoms with Gasteiger partial charge in [-0.05, 0) is 38.0 Å². The second kappa shape index (κ2) is 8.41. The van der Waals surface area contributed by atoms with Gasteiger partial charge >= 0.3 is 7.60 Å². The molecule has 0 bridgehead atoms. The minimum atomic E-state index is -4.04. The SMILES string of the molecule is Cc1c(OCCCP(=O)(O)O)ccc2c1c(C(N)=O)c(C)n2Cc1ccccc1. The fourth-order valence-corrected chi connectivity index (χ4v) is 4.14. The van der Waals surface area contributed by atoms with E-state index in [9.17, 15) is 9.36 Å². The van der Waals surface area contributed by atoms with E-state index in [1.165, 1.54) is 0 Å². The van der Waals surface area contributed by atoms with Gasteiger partial charge in [-0.25, -0.2) is 0 Å². The highest BCUT2D eigenvalue weighted by Gasteiger charge is 2.21. The minimum Gasteiger partial charge on any atom is -0.493 e. The summed E-state index contributed by atoms with van der Waals surface area (Å²) in [6.07, 6.45) is 0.00582. The average molecular weight is 416 g/mol. The van der Waals surface area contributed by atoms with Gasteiger partial charge in [0, 0.05) is 28.7 Å². The molecule has 0 aliphatic carbocycles. The maximum Gasteiger partial charge on any atom is 0.325 e. The van der Waals surface area contributed by atoms with E-state index < -0.39 is 13.5 Å². The van der Waals surface area contributed by atoms with Gasteiger partial charge in [0.25, 0.3) is 5.91 Å². The number of hydrogen-bond donors (Lipinski definition) is 3. The molecular weight excluding hydrogens is 391 g/mol. The zero-order valence-corrected chi connectivity index (χ0v) is 17.4. The van der Waals surface area contributed by atoms with E-state index in [2.05, 4.69) is 4.57 Å². The molecule has 0 aliphatic heterocycles. The Kier molecular flexibility index (Phi) is 6.13. The van der Waals surface area contributed by atoms with Crippen LogP contribution in [0.15, 0.2) is 42.5 Å². The first-order valence-electron chi connectivity index (χ1n) is 9.32. The number of fused-ring (bicyclic) bond motifs is 1. The van der Waals surface area contributed by atoms with Gasteiger partial charge in [0.1, 0.15) is 5.75 Å². The van der Waals surface area contributed by atoms with Gasteiger partial charge in [-0.2, -0.15) is 0 Å². The molecule has 0 saturated carbocycles. The maximum absolute atomic E-state index is 12.2. The van der Waals surface area contributed by atoms with Crippen molar-refractivity contribution in [3.8, 4) is 5.75 Å². The summed E-state index contributed by atoms with van der Waals surface area (Å²) >= 11 is 0. The average Bonchev–Trinajstić information content (AvgIpc) is 2.93. The van der Waals surface area contributed by atoms with Gasteiger partial charge in [0.2, 0.25) is 0 Å². The van der Waals surface area contributed by atoms with Crippen molar-refractivity contribution in [3.63, 3.8) is 0 Å². The van der Waals surface area contributed by atoms with E-state index in [0.29, 0.717) is 17.9 Å². The zero-order chi connectivity index (χ0) is 21.2. The fourth-order valence-electron chi connectivity index (χ4n) is 3.60. The van der Waals surface area contributed by atoms with Crippen LogP contribution in [0.2, 0.25) is 0 Å². The Bertz CT molecular complexity index is 1090. The van der Waals surface area contributed by atoms with Gasteiger partial charge in [-0.1, -0.05) is 30.3 Å². The lowest BCUT2D eigenvalue weighted by molar-refractivity contribution is 0.100. The van der Waals surface area contributed by atoms with E-state index in [-0.39, 0.29) is 19.2 Å². The van der Waals surface area contributed by atoms with Gasteiger partial charge < -0.3 is 24.8 Å². The smallest absolute Gasteiger partial charge is 0.325 e. The first kappa shape index (κ1) is 21.1. The highest BCUT2D eigenvalue weighted by molar-refractivity contribution is 7.51. The lowest BCUT2D eigenvalue weighted by atomic mass is 10.0. The van der Waals surface area contributed by atoms with Crippen LogP contribution in [0.1, 0.15) is 33.6 Å². The van der Waals surface area contributed by atoms with Crippen molar-refractivity contribution in [1.29, 1.82) is 0 Å². The minimum absolute atomic E-state index is 0.174. The second-order valence-corrected chi connectivity index (χ2v) is 8.85. The van der Waals surface area contributed by atoms with Crippen LogP contribution in [0.3, 0.4) is 0 Å². The normalized spacial score (nSPS) is 11.7. The Morgan fingerprint density at radius 3 is 2.45 bits per heavy atom. The summed E-state index contributed by atoms with van der Waals surface area (Å²) in [5.74, 6) is 0.0728. The molecule has 29 heavy (non-hydrogen) atoms. The second-order valence-electron chi connectivity index (χ2n) is 7.07. The first-order valence-corrected chi connectivity index (χ1v) is 11.1. The molecule has 0 saturated heterocycles. The summed E-state index contributed by atoms with van der Waals surface area (Å²) < 4.78 is 18.8. The number of amides is 1. The molecular formula is C21H25N2O5P. The van der Waals surface area contributed by atoms with Crippen LogP contribution >= 0.6 is 7.60 Å². The summed E-state index contributed by atoms with van der Waals surface area (Å²) in [6.45, 7) is 4.52. The number of aryl methyl sites for hydroxylation is 1. The molecule has 1 aromatic heterocycles. The van der Waals surface area contributed by atoms with Crippen molar-refractivity contribution in [2.75, 3.05) is 12.8 Å². The molecule has 7 nitrogen and oxygen atoms in total. The van der Waals surface area contributed by atoms with Gasteiger partial charge in [-0.15, -0.1) is 0 Å². The van der Waals surface area contributed by atoms with Crippen LogP contribution in [0.5, 0.6) is 5.75 Å². The van der Waals surface area contributed by atoms with Crippen molar-refractivity contribution in [2.24, 2.45) is 5.73 Å². The molecule has 8 heteroatoms. The molecule has 0 atom stereocenters. The molecule has 3 aromatic rings. The third kappa shape index (κ3) is 4.70. The molecule has 0 radical (unpaired) electrons. The zero-order valence-electron chi connectivity index (χ0n) is 16.5. The fraction of sp³-hybridized carbons (Fsp3) is 0.286. The van der Waals surface area contributed by atoms with E-state index in [4.69, 9.17) is 20.3 Å². The topological polar surface area (TPSA) is 115 Å². The molecule has 0 fully saturated rings. The van der Waals surface area contributed by atoms with Crippen molar-refractivity contribution >= 4 is 24.4 Å². The predicted octanol–water partition coefficient (Wildman–Crippen LogP) is 3.35. The van der Waals surface area contributed by atoms with E-state index >= 15 is 0 Å². The Balaban J connectivity index is 1.98. The van der Waals surface area contributed by atoms with Gasteiger partial charge in [-0.3, -0.25) is 9.36 Å². The molecule has 154 valence electrons. The lowest BCUT2D eigenvalue weighted by Crippen LogP contribution is -2.13. The highest BCUT2D eigenvalue weighted by atomic mass is 31.2. The van der Waals surface area contributed by atoms with E-state index in [1.807, 2.05) is 56.3 Å². The maximum atomic E-state index is 12.2. The van der Waals surface area contributed by atoms with Crippen LogP contribution < -0.4 is 10.5 Å². The van der Waals surface area contributed by atoms with Crippen molar-refractivity contribution < 1.29 is 23.9 Å². The number of carbonyl (C=O) groups is 1. The Morgan fingerprint density at radius 2 is 1.83 bits per heavy atom. The molecule has 3 rings (SSSR count). The van der Waals surface area contributed by atoms with Gasteiger partial charge in [0.15, 0.2) is 0 Å². The summed E-state index contributed by atoms with van der Waals surface area (Å²) in [7, 11) is -4.04. The van der Waals surface area contributed by atoms with Crippen molar-refractivity contribution in [2.45, 2.75) is 26.8 Å². The van der Waals surface area contributed by atoms with E-state index in [1.54, 1.807) is 0 Å². The first-order chi connectivity index (χ1) is 13.7. The molecule has 0 unspecified atom stereocenters. The number of benzene rings is 2. The molecule has 0 aliphatic rings. The number of ether oxygens (including phenoxy) is 1. The number of hydrogen-bond acceptors (Lipinski definition) is 3. The molecule has 1 heterocycles. The summed E-state index contributed by atoms with van der Waals surface area (Å²) in [6, 6.07) is 13.7. The Morgan fingerprint density at radius 1 is 1.14 bits per heavy atom. The highest BCUT2D eigenvalue weighted by Crippen LogP contribution is 2.36. The van der Waals surface area contributed by atoms with Crippen LogP contribution in [0.4, 0.5) is 0 Å². The molecule has 4 N–H and O–H groups in total. The standard InChI is InChI=1S/C21H25N2O5P/c1-14-18(28-11-6-12-29(25,26)27)10-9-17-19(14)20(21(22)24)15(2)23(17)13-16-7-4-3-5-8-16/h3-5,7-10H,6,11-13H2,1-2H3,(H2,22,24)(H2,25,26,27). The predicted molar refractivity (Wildman–Crippen MR) is 112 cm³/mol. The number of nitrogens with zero attached hydrogens (tertiary/aromatic N) is 1. The summed E-state index contributed by atoms with van der Waals surface area (Å²) in [4.78, 5) is 30.1. The van der Waals surface area contributed by atoms with E-state index in [0.717, 1.165) is 27.7 Å². The lowest BCUT2D eigenvalue weighted by Gasteiger charge is -2.12. The number of rotatable bonds is 8. The number of nitrogens with two attached hydrogens (primary N) is 1. The molecule has 1 amide bonds. The number of carbonyl (C=O) groups excluding carboxylic acids is 1. The molecule has 2 aromatic carbocycles. The van der Waals surface area contributed by atoms with Crippen LogP contribution in [-0.2, 0) is 11.1 Å². The Labute approximate surface area is 169 Å². The van der Waals surface area contributed by atoms with Crippen LogP contribution in [0.25, 0.3) is 10.9 Å². The van der Waals surface area contributed by atoms with Crippen LogP contribution in [0, 0.1) is 13.8 Å².